The van der Waals surface area contributed by atoms with E-state index in [0.29, 0.717) is 17.6 Å². The summed E-state index contributed by atoms with van der Waals surface area (Å²) in [7, 11) is 0. The lowest BCUT2D eigenvalue weighted by molar-refractivity contribution is 0.432. The van der Waals surface area contributed by atoms with Gasteiger partial charge in [-0.3, -0.25) is 4.57 Å². The summed E-state index contributed by atoms with van der Waals surface area (Å²) in [6, 6.07) is 12.3. The number of hydrogen-bond acceptors (Lipinski definition) is 6. The molecule has 7 nitrogen and oxygen atoms in total. The third kappa shape index (κ3) is 3.56. The van der Waals surface area contributed by atoms with E-state index in [-0.39, 0.29) is 0 Å². The minimum Gasteiger partial charge on any atom is -0.334 e. The van der Waals surface area contributed by atoms with Crippen LogP contribution < -0.4 is 5.32 Å². The normalized spacial score (nSPS) is 16.8. The van der Waals surface area contributed by atoms with E-state index in [0.717, 1.165) is 35.9 Å². The summed E-state index contributed by atoms with van der Waals surface area (Å²) in [4.78, 5) is 13.3. The Hall–Kier alpha value is -3.32. The third-order valence-corrected chi connectivity index (χ3v) is 5.41. The molecule has 1 unspecified atom stereocenters. The first-order valence-corrected chi connectivity index (χ1v) is 9.89. The average molecular weight is 386 g/mol. The van der Waals surface area contributed by atoms with Crippen molar-refractivity contribution in [2.24, 2.45) is 0 Å². The minimum atomic E-state index is 0.528. The number of hydrogen-bond donors (Lipinski definition) is 1. The van der Waals surface area contributed by atoms with Gasteiger partial charge in [-0.15, -0.1) is 0 Å². The molecule has 1 aromatic carbocycles. The molecule has 29 heavy (non-hydrogen) atoms. The van der Waals surface area contributed by atoms with Crippen LogP contribution in [-0.4, -0.2) is 37.8 Å². The number of benzene rings is 1. The van der Waals surface area contributed by atoms with Gasteiger partial charge in [0.2, 0.25) is 5.82 Å². The molecule has 146 valence electrons. The van der Waals surface area contributed by atoms with Crippen LogP contribution in [0.4, 0.5) is 0 Å². The predicted octanol–water partition coefficient (Wildman–Crippen LogP) is 3.76. The molecule has 1 fully saturated rings. The van der Waals surface area contributed by atoms with Crippen molar-refractivity contribution in [2.75, 3.05) is 13.1 Å². The van der Waals surface area contributed by atoms with Gasteiger partial charge in [-0.2, -0.15) is 4.98 Å². The number of rotatable bonds is 4. The van der Waals surface area contributed by atoms with Gasteiger partial charge in [-0.25, -0.2) is 9.97 Å². The molecular formula is C22H22N6O. The Kier molecular flexibility index (Phi) is 4.65. The van der Waals surface area contributed by atoms with Crippen LogP contribution in [0, 0.1) is 6.92 Å². The van der Waals surface area contributed by atoms with E-state index in [1.165, 1.54) is 18.4 Å². The van der Waals surface area contributed by atoms with Gasteiger partial charge in [0, 0.05) is 36.3 Å². The molecule has 1 aliphatic rings. The van der Waals surface area contributed by atoms with E-state index >= 15 is 0 Å². The van der Waals surface area contributed by atoms with Crippen LogP contribution >= 0.6 is 0 Å². The molecule has 0 saturated carbocycles. The fourth-order valence-corrected chi connectivity index (χ4v) is 3.80. The number of aryl methyl sites for hydroxylation is 1. The zero-order valence-electron chi connectivity index (χ0n) is 16.2. The van der Waals surface area contributed by atoms with Crippen LogP contribution in [-0.2, 0) is 0 Å². The SMILES string of the molecule is Cc1nccn1-c1ccc(-c2noc(-c3cccc(C4CCCNC4)c3)n2)cn1. The first-order valence-electron chi connectivity index (χ1n) is 9.89. The van der Waals surface area contributed by atoms with Crippen LogP contribution in [0.25, 0.3) is 28.7 Å². The second kappa shape index (κ2) is 7.60. The van der Waals surface area contributed by atoms with Gasteiger partial charge in [-0.05, 0) is 62.1 Å². The number of nitrogens with one attached hydrogen (secondary N) is 1. The summed E-state index contributed by atoms with van der Waals surface area (Å²) in [5.74, 6) is 3.29. The van der Waals surface area contributed by atoms with Gasteiger partial charge in [0.25, 0.3) is 5.89 Å². The fourth-order valence-electron chi connectivity index (χ4n) is 3.80. The third-order valence-electron chi connectivity index (χ3n) is 5.41. The Labute approximate surface area is 168 Å². The van der Waals surface area contributed by atoms with Crippen LogP contribution in [0.3, 0.4) is 0 Å². The molecular weight excluding hydrogens is 364 g/mol. The van der Waals surface area contributed by atoms with E-state index in [9.17, 15) is 0 Å². The molecule has 0 radical (unpaired) electrons. The van der Waals surface area contributed by atoms with Crippen molar-refractivity contribution in [3.05, 3.63) is 66.4 Å². The molecule has 1 saturated heterocycles. The van der Waals surface area contributed by atoms with Crippen LogP contribution in [0.15, 0.2) is 59.5 Å². The quantitative estimate of drug-likeness (QED) is 0.575. The molecule has 3 aromatic heterocycles. The molecule has 4 heterocycles. The molecule has 0 bridgehead atoms. The van der Waals surface area contributed by atoms with Crippen LogP contribution in [0.5, 0.6) is 0 Å². The van der Waals surface area contributed by atoms with Crippen molar-refractivity contribution in [2.45, 2.75) is 25.7 Å². The lowest BCUT2D eigenvalue weighted by atomic mass is 9.91. The molecule has 0 amide bonds. The van der Waals surface area contributed by atoms with E-state index in [4.69, 9.17) is 4.52 Å². The number of pyridine rings is 1. The van der Waals surface area contributed by atoms with Gasteiger partial charge in [0.05, 0.1) is 0 Å². The maximum atomic E-state index is 5.55. The summed E-state index contributed by atoms with van der Waals surface area (Å²) in [6.45, 7) is 4.07. The molecule has 1 atom stereocenters. The average Bonchev–Trinajstić information content (AvgIpc) is 3.44. The second-order valence-electron chi connectivity index (χ2n) is 7.34. The van der Waals surface area contributed by atoms with E-state index in [1.54, 1.807) is 12.4 Å². The second-order valence-corrected chi connectivity index (χ2v) is 7.34. The minimum absolute atomic E-state index is 0.528. The van der Waals surface area contributed by atoms with Crippen LogP contribution in [0.2, 0.25) is 0 Å². The van der Waals surface area contributed by atoms with E-state index in [2.05, 4.69) is 43.6 Å². The number of piperidine rings is 1. The van der Waals surface area contributed by atoms with Crippen LogP contribution in [0.1, 0.15) is 30.1 Å². The topological polar surface area (TPSA) is 81.7 Å². The summed E-state index contributed by atoms with van der Waals surface area (Å²) in [5, 5.41) is 7.63. The molecule has 1 aliphatic heterocycles. The zero-order valence-corrected chi connectivity index (χ0v) is 16.2. The maximum absolute atomic E-state index is 5.55. The lowest BCUT2D eigenvalue weighted by Crippen LogP contribution is -2.28. The smallest absolute Gasteiger partial charge is 0.258 e. The molecule has 5 rings (SSSR count). The van der Waals surface area contributed by atoms with Crippen molar-refractivity contribution < 1.29 is 4.52 Å². The number of nitrogens with zero attached hydrogens (tertiary/aromatic N) is 5. The Bertz CT molecular complexity index is 1110. The highest BCUT2D eigenvalue weighted by atomic mass is 16.5. The first kappa shape index (κ1) is 17.8. The molecule has 4 aromatic rings. The fraction of sp³-hybridized carbons (Fsp3) is 0.273. The predicted molar refractivity (Wildman–Crippen MR) is 110 cm³/mol. The Morgan fingerprint density at radius 1 is 1.14 bits per heavy atom. The van der Waals surface area contributed by atoms with Gasteiger partial charge in [0.15, 0.2) is 0 Å². The van der Waals surface area contributed by atoms with Crippen molar-refractivity contribution >= 4 is 0 Å². The maximum Gasteiger partial charge on any atom is 0.258 e. The van der Waals surface area contributed by atoms with E-state index < -0.39 is 0 Å². The van der Waals surface area contributed by atoms with Gasteiger partial charge >= 0.3 is 0 Å². The summed E-state index contributed by atoms with van der Waals surface area (Å²) >= 11 is 0. The van der Waals surface area contributed by atoms with Gasteiger partial charge in [-0.1, -0.05) is 17.3 Å². The zero-order chi connectivity index (χ0) is 19.6. The summed E-state index contributed by atoms with van der Waals surface area (Å²) in [6.07, 6.45) is 7.82. The van der Waals surface area contributed by atoms with Crippen molar-refractivity contribution in [1.82, 2.24) is 30.0 Å². The number of imidazole rings is 1. The first-order chi connectivity index (χ1) is 14.3. The molecule has 0 spiro atoms. The highest BCUT2D eigenvalue weighted by molar-refractivity contribution is 5.60. The molecule has 7 heteroatoms. The standard InChI is InChI=1S/C22H22N6O/c1-15-24-10-11-28(15)20-8-7-19(14-25-20)21-26-22(29-27-21)17-5-2-4-16(12-17)18-6-3-9-23-13-18/h2,4-5,7-8,10-12,14,18,23H,3,6,9,13H2,1H3. The summed E-state index contributed by atoms with van der Waals surface area (Å²) in [5.41, 5.74) is 3.08. The Balaban J connectivity index is 1.39. The van der Waals surface area contributed by atoms with Gasteiger partial charge < -0.3 is 9.84 Å². The van der Waals surface area contributed by atoms with Crippen molar-refractivity contribution in [1.29, 1.82) is 0 Å². The Morgan fingerprint density at radius 3 is 2.86 bits per heavy atom. The number of aromatic nitrogens is 5. The van der Waals surface area contributed by atoms with Gasteiger partial charge in [0.1, 0.15) is 11.6 Å². The molecule has 0 aliphatic carbocycles. The summed E-state index contributed by atoms with van der Waals surface area (Å²) < 4.78 is 7.48. The largest absolute Gasteiger partial charge is 0.334 e. The molecule has 1 N–H and O–H groups in total. The van der Waals surface area contributed by atoms with Crippen molar-refractivity contribution in [3.63, 3.8) is 0 Å². The lowest BCUT2D eigenvalue weighted by Gasteiger charge is -2.23. The van der Waals surface area contributed by atoms with E-state index in [1.807, 2.05) is 35.9 Å². The Morgan fingerprint density at radius 2 is 2.10 bits per heavy atom. The highest BCUT2D eigenvalue weighted by Gasteiger charge is 2.17. The monoisotopic (exact) mass is 386 g/mol. The highest BCUT2D eigenvalue weighted by Crippen LogP contribution is 2.28. The van der Waals surface area contributed by atoms with Crippen molar-refractivity contribution in [3.8, 4) is 28.7 Å².